The standard InChI is InChI=1S/C17H27NO5Si/c1-19-17-13(18)15(23-24(2,3)4)14-12(21-17)10-20-16(22-14)11-8-6-5-7-9-11/h5-9,12-17H,10,18H2,1-4H3/t12-,13-,14-,15-,16-,17+/m1/s1. The van der Waals surface area contributed by atoms with Gasteiger partial charge in [-0.3, -0.25) is 0 Å². The van der Waals surface area contributed by atoms with Crippen molar-refractivity contribution in [2.45, 2.75) is 56.6 Å². The highest BCUT2D eigenvalue weighted by molar-refractivity contribution is 6.69. The van der Waals surface area contributed by atoms with Gasteiger partial charge in [-0.05, 0) is 19.6 Å². The van der Waals surface area contributed by atoms with Gasteiger partial charge >= 0.3 is 0 Å². The Hall–Kier alpha value is -0.803. The quantitative estimate of drug-likeness (QED) is 0.835. The van der Waals surface area contributed by atoms with E-state index >= 15 is 0 Å². The van der Waals surface area contributed by atoms with E-state index in [0.717, 1.165) is 5.56 Å². The van der Waals surface area contributed by atoms with Crippen molar-refractivity contribution in [1.82, 2.24) is 0 Å². The molecule has 2 aliphatic rings. The van der Waals surface area contributed by atoms with Crippen molar-refractivity contribution >= 4 is 8.32 Å². The van der Waals surface area contributed by atoms with Crippen molar-refractivity contribution in [2.24, 2.45) is 5.73 Å². The Morgan fingerprint density at radius 1 is 1.12 bits per heavy atom. The summed E-state index contributed by atoms with van der Waals surface area (Å²) in [4.78, 5) is 0. The van der Waals surface area contributed by atoms with Crippen LogP contribution in [0.2, 0.25) is 19.6 Å². The monoisotopic (exact) mass is 353 g/mol. The molecule has 6 atom stereocenters. The fraction of sp³-hybridized carbons (Fsp3) is 0.647. The highest BCUT2D eigenvalue weighted by atomic mass is 28.4. The minimum Gasteiger partial charge on any atom is -0.410 e. The number of benzene rings is 1. The molecule has 0 radical (unpaired) electrons. The van der Waals surface area contributed by atoms with E-state index in [1.165, 1.54) is 0 Å². The van der Waals surface area contributed by atoms with Crippen LogP contribution in [-0.4, -0.2) is 52.7 Å². The second-order valence-electron chi connectivity index (χ2n) is 7.23. The summed E-state index contributed by atoms with van der Waals surface area (Å²) >= 11 is 0. The third-order valence-corrected chi connectivity index (χ3v) is 5.16. The summed E-state index contributed by atoms with van der Waals surface area (Å²) in [6.45, 7) is 6.84. The molecule has 0 aliphatic carbocycles. The first kappa shape index (κ1) is 18.0. The lowest BCUT2D eigenvalue weighted by Gasteiger charge is -2.49. The highest BCUT2D eigenvalue weighted by Crippen LogP contribution is 2.35. The van der Waals surface area contributed by atoms with Gasteiger partial charge in [-0.15, -0.1) is 0 Å². The van der Waals surface area contributed by atoms with Gasteiger partial charge in [0.25, 0.3) is 0 Å². The van der Waals surface area contributed by atoms with E-state index in [1.807, 2.05) is 30.3 Å². The van der Waals surface area contributed by atoms with Crippen molar-refractivity contribution < 1.29 is 23.4 Å². The Bertz CT molecular complexity index is 538. The smallest absolute Gasteiger partial charge is 0.184 e. The van der Waals surface area contributed by atoms with Crippen molar-refractivity contribution in [3.05, 3.63) is 35.9 Å². The summed E-state index contributed by atoms with van der Waals surface area (Å²) in [5, 5.41) is 0. The Morgan fingerprint density at radius 3 is 2.46 bits per heavy atom. The molecule has 0 saturated carbocycles. The van der Waals surface area contributed by atoms with Crippen LogP contribution in [-0.2, 0) is 23.4 Å². The minimum atomic E-state index is -1.82. The molecule has 1 aromatic rings. The van der Waals surface area contributed by atoms with Crippen LogP contribution >= 0.6 is 0 Å². The normalized spacial score (nSPS) is 37.0. The highest BCUT2D eigenvalue weighted by Gasteiger charge is 2.50. The Labute approximate surface area is 144 Å². The second-order valence-corrected chi connectivity index (χ2v) is 11.7. The fourth-order valence-electron chi connectivity index (χ4n) is 3.14. The van der Waals surface area contributed by atoms with E-state index in [0.29, 0.717) is 6.61 Å². The molecule has 0 spiro atoms. The van der Waals surface area contributed by atoms with Gasteiger partial charge in [0.05, 0.1) is 18.8 Å². The Balaban J connectivity index is 1.81. The van der Waals surface area contributed by atoms with Crippen LogP contribution in [0.5, 0.6) is 0 Å². The molecule has 2 aliphatic heterocycles. The summed E-state index contributed by atoms with van der Waals surface area (Å²) in [5.41, 5.74) is 7.34. The lowest BCUT2D eigenvalue weighted by atomic mass is 9.96. The number of fused-ring (bicyclic) bond motifs is 1. The van der Waals surface area contributed by atoms with Crippen LogP contribution in [0.3, 0.4) is 0 Å². The van der Waals surface area contributed by atoms with E-state index in [4.69, 9.17) is 29.1 Å². The number of hydrogen-bond acceptors (Lipinski definition) is 6. The SMILES string of the molecule is CO[C@H]1O[C@@H]2CO[C@@H](c3ccccc3)O[C@H]2[C@H](O[Si](C)(C)C)[C@H]1N. The molecule has 2 saturated heterocycles. The minimum absolute atomic E-state index is 0.254. The molecule has 2 fully saturated rings. The molecule has 6 nitrogen and oxygen atoms in total. The van der Waals surface area contributed by atoms with Crippen LogP contribution in [0, 0.1) is 0 Å². The molecule has 0 amide bonds. The molecule has 2 heterocycles. The molecule has 7 heteroatoms. The van der Waals surface area contributed by atoms with Gasteiger partial charge < -0.3 is 29.1 Å². The molecule has 0 bridgehead atoms. The maximum atomic E-state index is 6.36. The van der Waals surface area contributed by atoms with Gasteiger partial charge in [0.1, 0.15) is 12.2 Å². The van der Waals surface area contributed by atoms with Crippen molar-refractivity contribution in [3.8, 4) is 0 Å². The fourth-order valence-corrected chi connectivity index (χ4v) is 4.25. The summed E-state index contributed by atoms with van der Waals surface area (Å²) in [6.07, 6.45) is -1.77. The first-order valence-electron chi connectivity index (χ1n) is 8.33. The topological polar surface area (TPSA) is 72.2 Å². The number of hydrogen-bond donors (Lipinski definition) is 1. The molecule has 0 aromatic heterocycles. The summed E-state index contributed by atoms with van der Waals surface area (Å²) in [6, 6.07) is 9.47. The van der Waals surface area contributed by atoms with Gasteiger partial charge in [0.15, 0.2) is 20.9 Å². The molecular formula is C17H27NO5Si. The zero-order valence-electron chi connectivity index (χ0n) is 14.7. The maximum Gasteiger partial charge on any atom is 0.184 e. The van der Waals surface area contributed by atoms with E-state index < -0.39 is 26.9 Å². The second kappa shape index (κ2) is 7.21. The van der Waals surface area contributed by atoms with Crippen molar-refractivity contribution in [3.63, 3.8) is 0 Å². The van der Waals surface area contributed by atoms with Crippen LogP contribution < -0.4 is 5.73 Å². The summed E-state index contributed by atoms with van der Waals surface area (Å²) < 4.78 is 29.7. The summed E-state index contributed by atoms with van der Waals surface area (Å²) in [5.74, 6) is 0. The van der Waals surface area contributed by atoms with Crippen molar-refractivity contribution in [2.75, 3.05) is 13.7 Å². The Morgan fingerprint density at radius 2 is 1.83 bits per heavy atom. The molecule has 2 N–H and O–H groups in total. The zero-order valence-corrected chi connectivity index (χ0v) is 15.7. The van der Waals surface area contributed by atoms with E-state index in [2.05, 4.69) is 19.6 Å². The molecule has 134 valence electrons. The van der Waals surface area contributed by atoms with Crippen LogP contribution in [0.15, 0.2) is 30.3 Å². The van der Waals surface area contributed by atoms with Gasteiger partial charge in [-0.1, -0.05) is 30.3 Å². The lowest BCUT2D eigenvalue weighted by molar-refractivity contribution is -0.337. The van der Waals surface area contributed by atoms with E-state index in [1.54, 1.807) is 7.11 Å². The molecule has 0 unspecified atom stereocenters. The van der Waals surface area contributed by atoms with Gasteiger partial charge in [0, 0.05) is 12.7 Å². The summed E-state index contributed by atoms with van der Waals surface area (Å²) in [7, 11) is -0.227. The van der Waals surface area contributed by atoms with Crippen molar-refractivity contribution in [1.29, 1.82) is 0 Å². The van der Waals surface area contributed by atoms with Crippen LogP contribution in [0.25, 0.3) is 0 Å². The van der Waals surface area contributed by atoms with Gasteiger partial charge in [-0.2, -0.15) is 0 Å². The number of methoxy groups -OCH3 is 1. The molecule has 1 aromatic carbocycles. The third-order valence-electron chi connectivity index (χ3n) is 4.18. The van der Waals surface area contributed by atoms with Crippen LogP contribution in [0.1, 0.15) is 11.9 Å². The molecular weight excluding hydrogens is 326 g/mol. The average Bonchev–Trinajstić information content (AvgIpc) is 2.56. The lowest BCUT2D eigenvalue weighted by Crippen LogP contribution is -2.67. The number of nitrogens with two attached hydrogens (primary N) is 1. The van der Waals surface area contributed by atoms with Crippen LogP contribution in [0.4, 0.5) is 0 Å². The third kappa shape index (κ3) is 3.88. The largest absolute Gasteiger partial charge is 0.410 e. The van der Waals surface area contributed by atoms with E-state index in [-0.39, 0.29) is 18.3 Å². The number of rotatable bonds is 4. The first-order valence-corrected chi connectivity index (χ1v) is 11.7. The molecule has 24 heavy (non-hydrogen) atoms. The average molecular weight is 353 g/mol. The maximum absolute atomic E-state index is 6.36. The predicted octanol–water partition coefficient (Wildman–Crippen LogP) is 2.02. The molecule has 3 rings (SSSR count). The van der Waals surface area contributed by atoms with Gasteiger partial charge in [0.2, 0.25) is 0 Å². The zero-order chi connectivity index (χ0) is 17.3. The Kier molecular flexibility index (Phi) is 5.41. The number of ether oxygens (including phenoxy) is 4. The van der Waals surface area contributed by atoms with E-state index in [9.17, 15) is 0 Å². The van der Waals surface area contributed by atoms with Gasteiger partial charge in [-0.25, -0.2) is 0 Å². The predicted molar refractivity (Wildman–Crippen MR) is 91.9 cm³/mol. The first-order chi connectivity index (χ1) is 11.4.